The number of hydrogen-bond donors (Lipinski definition) is 2. The first-order chi connectivity index (χ1) is 18.4. The fraction of sp³-hybridized carbons (Fsp3) is 0.448. The molecule has 1 atom stereocenters. The number of anilines is 1. The van der Waals surface area contributed by atoms with Gasteiger partial charge in [0, 0.05) is 25.1 Å². The number of nitriles is 1. The molecule has 9 nitrogen and oxygen atoms in total. The minimum absolute atomic E-state index is 0.00206. The second kappa shape index (κ2) is 16.8. The fourth-order valence-corrected chi connectivity index (χ4v) is 3.79. The Morgan fingerprint density at radius 2 is 1.68 bits per heavy atom. The summed E-state index contributed by atoms with van der Waals surface area (Å²) in [5, 5.41) is 23.3. The largest absolute Gasteiger partial charge is 0.479 e. The van der Waals surface area contributed by atoms with Gasteiger partial charge in [-0.05, 0) is 36.2 Å². The highest BCUT2D eigenvalue weighted by molar-refractivity contribution is 5.92. The number of benzene rings is 2. The predicted molar refractivity (Wildman–Crippen MR) is 142 cm³/mol. The average molecular weight is 524 g/mol. The summed E-state index contributed by atoms with van der Waals surface area (Å²) in [5.74, 6) is -1.11. The number of esters is 1. The van der Waals surface area contributed by atoms with E-state index < -0.39 is 18.0 Å². The maximum atomic E-state index is 13.2. The molecule has 2 aromatic rings. The standard InChI is InChI=1S/C29H37N3O6/c1-3-4-5-6-7-10-19-32(36)29(35)26(38-25-12-9-8-11-23(25)21-30)20-22-13-15-24(16-14-22)31-27(33)17-18-28(34)37-2/h8-9,11-16,26,36H,3-7,10,17-20H2,1-2H3,(H,31,33). The lowest BCUT2D eigenvalue weighted by Crippen LogP contribution is -2.42. The molecule has 0 saturated heterocycles. The third-order valence-corrected chi connectivity index (χ3v) is 5.97. The maximum absolute atomic E-state index is 13.2. The van der Waals surface area contributed by atoms with Crippen molar-refractivity contribution < 1.29 is 29.1 Å². The van der Waals surface area contributed by atoms with Crippen LogP contribution in [-0.4, -0.2) is 47.8 Å². The van der Waals surface area contributed by atoms with Gasteiger partial charge in [-0.25, -0.2) is 5.06 Å². The van der Waals surface area contributed by atoms with E-state index in [1.807, 2.05) is 0 Å². The summed E-state index contributed by atoms with van der Waals surface area (Å²) in [6.45, 7) is 2.34. The minimum atomic E-state index is -1.06. The number of hydrogen-bond acceptors (Lipinski definition) is 7. The van der Waals surface area contributed by atoms with Crippen molar-refractivity contribution in [3.63, 3.8) is 0 Å². The van der Waals surface area contributed by atoms with Crippen LogP contribution in [0.4, 0.5) is 5.69 Å². The molecule has 2 aromatic carbocycles. The molecule has 1 unspecified atom stereocenters. The van der Waals surface area contributed by atoms with Gasteiger partial charge >= 0.3 is 5.97 Å². The van der Waals surface area contributed by atoms with E-state index in [2.05, 4.69) is 23.0 Å². The predicted octanol–water partition coefficient (Wildman–Crippen LogP) is 5.02. The number of para-hydroxylation sites is 1. The van der Waals surface area contributed by atoms with Crippen LogP contribution in [0.25, 0.3) is 0 Å². The summed E-state index contributed by atoms with van der Waals surface area (Å²) in [6, 6.07) is 15.5. The van der Waals surface area contributed by atoms with Crippen LogP contribution < -0.4 is 10.1 Å². The second-order valence-corrected chi connectivity index (χ2v) is 8.97. The van der Waals surface area contributed by atoms with Crippen LogP contribution in [-0.2, 0) is 25.5 Å². The van der Waals surface area contributed by atoms with Crippen LogP contribution in [0.3, 0.4) is 0 Å². The number of ether oxygens (including phenoxy) is 2. The first kappa shape index (κ1) is 30.3. The third kappa shape index (κ3) is 10.6. The summed E-state index contributed by atoms with van der Waals surface area (Å²) in [4.78, 5) is 36.4. The molecule has 38 heavy (non-hydrogen) atoms. The van der Waals surface area contributed by atoms with Crippen molar-refractivity contribution in [3.8, 4) is 11.8 Å². The van der Waals surface area contributed by atoms with Crippen LogP contribution in [0.1, 0.15) is 69.4 Å². The number of unbranched alkanes of at least 4 members (excludes halogenated alkanes) is 5. The lowest BCUT2D eigenvalue weighted by Gasteiger charge is -2.24. The highest BCUT2D eigenvalue weighted by Gasteiger charge is 2.27. The van der Waals surface area contributed by atoms with Gasteiger partial charge in [0.15, 0.2) is 6.10 Å². The molecule has 0 bridgehead atoms. The lowest BCUT2D eigenvalue weighted by molar-refractivity contribution is -0.173. The van der Waals surface area contributed by atoms with Crippen molar-refractivity contribution >= 4 is 23.5 Å². The van der Waals surface area contributed by atoms with Gasteiger partial charge in [-0.3, -0.25) is 19.6 Å². The van der Waals surface area contributed by atoms with Crippen molar-refractivity contribution in [2.24, 2.45) is 0 Å². The van der Waals surface area contributed by atoms with Gasteiger partial charge in [0.05, 0.1) is 19.1 Å². The van der Waals surface area contributed by atoms with Crippen molar-refractivity contribution in [1.82, 2.24) is 5.06 Å². The van der Waals surface area contributed by atoms with Crippen molar-refractivity contribution in [2.45, 2.75) is 70.8 Å². The molecule has 0 saturated carbocycles. The third-order valence-electron chi connectivity index (χ3n) is 5.97. The highest BCUT2D eigenvalue weighted by Crippen LogP contribution is 2.21. The molecule has 9 heteroatoms. The molecule has 0 spiro atoms. The Labute approximate surface area is 224 Å². The molecule has 0 heterocycles. The van der Waals surface area contributed by atoms with Crippen LogP contribution in [0.15, 0.2) is 48.5 Å². The Morgan fingerprint density at radius 1 is 1.00 bits per heavy atom. The van der Waals surface area contributed by atoms with Gasteiger partial charge in [0.2, 0.25) is 5.91 Å². The monoisotopic (exact) mass is 523 g/mol. The first-order valence-corrected chi connectivity index (χ1v) is 13.0. The second-order valence-electron chi connectivity index (χ2n) is 8.97. The molecular weight excluding hydrogens is 486 g/mol. The SMILES string of the molecule is CCCCCCCCN(O)C(=O)C(Cc1ccc(NC(=O)CCC(=O)OC)cc1)Oc1ccccc1C#N. The van der Waals surface area contributed by atoms with E-state index >= 15 is 0 Å². The van der Waals surface area contributed by atoms with Crippen molar-refractivity contribution in [3.05, 3.63) is 59.7 Å². The Kier molecular flexibility index (Phi) is 13.4. The van der Waals surface area contributed by atoms with E-state index in [1.165, 1.54) is 13.5 Å². The number of rotatable bonds is 16. The number of carbonyl (C=O) groups excluding carboxylic acids is 3. The minimum Gasteiger partial charge on any atom is -0.479 e. The van der Waals surface area contributed by atoms with Gasteiger partial charge in [-0.1, -0.05) is 63.3 Å². The lowest BCUT2D eigenvalue weighted by atomic mass is 10.1. The van der Waals surface area contributed by atoms with Gasteiger partial charge in [0.1, 0.15) is 11.8 Å². The maximum Gasteiger partial charge on any atom is 0.306 e. The molecule has 2 N–H and O–H groups in total. The molecule has 2 rings (SSSR count). The van der Waals surface area contributed by atoms with E-state index in [-0.39, 0.29) is 43.0 Å². The van der Waals surface area contributed by atoms with Crippen LogP contribution in [0.2, 0.25) is 0 Å². The summed E-state index contributed by atoms with van der Waals surface area (Å²) in [7, 11) is 1.27. The van der Waals surface area contributed by atoms with Gasteiger partial charge < -0.3 is 14.8 Å². The van der Waals surface area contributed by atoms with E-state index in [0.717, 1.165) is 31.2 Å². The molecule has 204 valence electrons. The molecular formula is C29H37N3O6. The Morgan fingerprint density at radius 3 is 2.37 bits per heavy atom. The van der Waals surface area contributed by atoms with Gasteiger partial charge in [0.25, 0.3) is 5.91 Å². The van der Waals surface area contributed by atoms with E-state index in [4.69, 9.17) is 4.74 Å². The normalized spacial score (nSPS) is 11.2. The van der Waals surface area contributed by atoms with Crippen LogP contribution in [0.5, 0.6) is 5.75 Å². The quantitative estimate of drug-likeness (QED) is 0.137. The average Bonchev–Trinajstić information content (AvgIpc) is 2.93. The fourth-order valence-electron chi connectivity index (χ4n) is 3.79. The van der Waals surface area contributed by atoms with Gasteiger partial charge in [-0.15, -0.1) is 0 Å². The number of hydroxylamine groups is 2. The molecule has 2 amide bonds. The van der Waals surface area contributed by atoms with Crippen molar-refractivity contribution in [1.29, 1.82) is 5.26 Å². The summed E-state index contributed by atoms with van der Waals surface area (Å²) < 4.78 is 10.5. The number of carbonyl (C=O) groups is 3. The number of amides is 2. The van der Waals surface area contributed by atoms with Gasteiger partial charge in [-0.2, -0.15) is 5.26 Å². The van der Waals surface area contributed by atoms with Crippen LogP contribution in [0, 0.1) is 11.3 Å². The number of methoxy groups -OCH3 is 1. The molecule has 0 radical (unpaired) electrons. The first-order valence-electron chi connectivity index (χ1n) is 13.0. The van der Waals surface area contributed by atoms with Crippen molar-refractivity contribution in [2.75, 3.05) is 19.0 Å². The molecule has 0 aromatic heterocycles. The molecule has 0 fully saturated rings. The molecule has 0 aliphatic heterocycles. The summed E-state index contributed by atoms with van der Waals surface area (Å²) in [6.07, 6.45) is 5.17. The van der Waals surface area contributed by atoms with E-state index in [0.29, 0.717) is 17.2 Å². The Balaban J connectivity index is 2.06. The van der Waals surface area contributed by atoms with Crippen LogP contribution >= 0.6 is 0 Å². The topological polar surface area (TPSA) is 129 Å². The molecule has 0 aliphatic carbocycles. The zero-order valence-corrected chi connectivity index (χ0v) is 22.2. The summed E-state index contributed by atoms with van der Waals surface area (Å²) >= 11 is 0. The van der Waals surface area contributed by atoms with E-state index in [9.17, 15) is 24.9 Å². The molecule has 0 aliphatic rings. The Hall–Kier alpha value is -3.90. The number of nitrogens with zero attached hydrogens (tertiary/aromatic N) is 2. The Bertz CT molecular complexity index is 1080. The zero-order valence-electron chi connectivity index (χ0n) is 22.2. The summed E-state index contributed by atoms with van der Waals surface area (Å²) in [5.41, 5.74) is 1.56. The van der Waals surface area contributed by atoms with E-state index in [1.54, 1.807) is 48.5 Å². The number of nitrogens with one attached hydrogen (secondary N) is 1. The smallest absolute Gasteiger partial charge is 0.306 e. The zero-order chi connectivity index (χ0) is 27.8. The highest BCUT2D eigenvalue weighted by atomic mass is 16.5.